The molecule has 2 N–H and O–H groups in total. The number of para-hydroxylation sites is 1. The first-order valence-electron chi connectivity index (χ1n) is 11.5. The smallest absolute Gasteiger partial charge is 0.229 e. The van der Waals surface area contributed by atoms with Gasteiger partial charge in [-0.25, -0.2) is 4.98 Å². The molecule has 3 aromatic rings. The van der Waals surface area contributed by atoms with Gasteiger partial charge < -0.3 is 29.7 Å². The van der Waals surface area contributed by atoms with Gasteiger partial charge in [-0.3, -0.25) is 0 Å². The van der Waals surface area contributed by atoms with E-state index in [1.165, 1.54) is 6.20 Å². The minimum absolute atomic E-state index is 0.360. The summed E-state index contributed by atoms with van der Waals surface area (Å²) in [4.78, 5) is 13.5. The average Bonchev–Trinajstić information content (AvgIpc) is 3.32. The SMILES string of the molecule is COc1cc(N2CCC(N(C)C)C2)ccc1Nc1ncc(Cl)c(Nc2ccccc2P(C)(C)=O)n1. The summed E-state index contributed by atoms with van der Waals surface area (Å²) < 4.78 is 18.4. The molecule has 0 radical (unpaired) electrons. The van der Waals surface area contributed by atoms with Gasteiger partial charge in [0.15, 0.2) is 5.82 Å². The van der Waals surface area contributed by atoms with Crippen molar-refractivity contribution in [2.75, 3.05) is 63.2 Å². The van der Waals surface area contributed by atoms with Crippen LogP contribution in [0.15, 0.2) is 48.7 Å². The van der Waals surface area contributed by atoms with E-state index >= 15 is 0 Å². The molecule has 0 bridgehead atoms. The number of halogens is 1. The fourth-order valence-electron chi connectivity index (χ4n) is 4.19. The summed E-state index contributed by atoms with van der Waals surface area (Å²) in [5.74, 6) is 1.49. The molecule has 0 amide bonds. The van der Waals surface area contributed by atoms with Crippen LogP contribution in [0.2, 0.25) is 5.02 Å². The van der Waals surface area contributed by atoms with Crippen molar-refractivity contribution < 1.29 is 9.30 Å². The zero-order valence-corrected chi connectivity index (χ0v) is 22.4. The highest BCUT2D eigenvalue weighted by Gasteiger charge is 2.25. The summed E-state index contributed by atoms with van der Waals surface area (Å²) in [6.07, 6.45) is 2.67. The first kappa shape index (κ1) is 25.3. The summed E-state index contributed by atoms with van der Waals surface area (Å²) in [5.41, 5.74) is 2.58. The minimum Gasteiger partial charge on any atom is -0.494 e. The molecule has 2 aromatic carbocycles. The number of likely N-dealkylation sites (N-methyl/N-ethyl adjacent to an activating group) is 1. The van der Waals surface area contributed by atoms with Crippen molar-refractivity contribution in [3.05, 3.63) is 53.7 Å². The standard InChI is InChI=1S/C25H32ClN6O2P/c1-31(2)18-12-13-32(16-18)17-10-11-20(22(14-17)34-3)29-25-27-15-19(26)24(30-25)28-21-8-6-7-9-23(21)35(4,5)33/h6-11,14-15,18H,12-13,16H2,1-5H3,(H2,27,28,29,30). The van der Waals surface area contributed by atoms with Gasteiger partial charge in [0.2, 0.25) is 5.95 Å². The van der Waals surface area contributed by atoms with Crippen molar-refractivity contribution in [2.45, 2.75) is 12.5 Å². The Kier molecular flexibility index (Phi) is 7.55. The van der Waals surface area contributed by atoms with Gasteiger partial charge in [-0.15, -0.1) is 0 Å². The van der Waals surface area contributed by atoms with E-state index in [0.29, 0.717) is 34.3 Å². The maximum Gasteiger partial charge on any atom is 0.229 e. The molecule has 1 aromatic heterocycles. The van der Waals surface area contributed by atoms with Gasteiger partial charge in [0.1, 0.15) is 17.9 Å². The summed E-state index contributed by atoms with van der Waals surface area (Å²) >= 11 is 6.38. The highest BCUT2D eigenvalue weighted by molar-refractivity contribution is 7.70. The molecule has 1 unspecified atom stereocenters. The predicted octanol–water partition coefficient (Wildman–Crippen LogP) is 5.01. The van der Waals surface area contributed by atoms with Crippen molar-refractivity contribution in [1.29, 1.82) is 0 Å². The molecule has 2 heterocycles. The van der Waals surface area contributed by atoms with Crippen molar-refractivity contribution in [1.82, 2.24) is 14.9 Å². The van der Waals surface area contributed by atoms with E-state index in [0.717, 1.165) is 36.2 Å². The third kappa shape index (κ3) is 5.89. The lowest BCUT2D eigenvalue weighted by Crippen LogP contribution is -2.31. The molecule has 1 atom stereocenters. The van der Waals surface area contributed by atoms with Crippen LogP contribution in [0.4, 0.5) is 28.8 Å². The lowest BCUT2D eigenvalue weighted by molar-refractivity contribution is 0.315. The number of hydrogen-bond acceptors (Lipinski definition) is 8. The second kappa shape index (κ2) is 10.4. The third-order valence-electron chi connectivity index (χ3n) is 6.17. The summed E-state index contributed by atoms with van der Waals surface area (Å²) in [6.45, 7) is 5.47. The number of rotatable bonds is 8. The third-order valence-corrected chi connectivity index (χ3v) is 8.00. The molecule has 0 aliphatic carbocycles. The van der Waals surface area contributed by atoms with Crippen LogP contribution in [0, 0.1) is 0 Å². The predicted molar refractivity (Wildman–Crippen MR) is 146 cm³/mol. The van der Waals surface area contributed by atoms with Crippen molar-refractivity contribution in [3.8, 4) is 5.75 Å². The van der Waals surface area contributed by atoms with Gasteiger partial charge in [-0.05, 0) is 58.1 Å². The Morgan fingerprint density at radius 3 is 2.60 bits per heavy atom. The number of nitrogens with one attached hydrogen (secondary N) is 2. The molecule has 1 saturated heterocycles. The second-order valence-electron chi connectivity index (χ2n) is 9.24. The van der Waals surface area contributed by atoms with Crippen molar-refractivity contribution >= 4 is 52.9 Å². The molecule has 0 spiro atoms. The molecule has 8 nitrogen and oxygen atoms in total. The summed E-state index contributed by atoms with van der Waals surface area (Å²) in [6, 6.07) is 14.1. The quantitative estimate of drug-likeness (QED) is 0.406. The topological polar surface area (TPSA) is 82.6 Å². The molecule has 1 aliphatic heterocycles. The van der Waals surface area contributed by atoms with Crippen LogP contribution in [-0.4, -0.2) is 68.5 Å². The molecule has 35 heavy (non-hydrogen) atoms. The normalized spacial score (nSPS) is 16.0. The molecule has 186 valence electrons. The van der Waals surface area contributed by atoms with Crippen LogP contribution < -0.4 is 25.6 Å². The number of ether oxygens (including phenoxy) is 1. The molecule has 10 heteroatoms. The first-order chi connectivity index (χ1) is 16.7. The zero-order valence-electron chi connectivity index (χ0n) is 20.7. The number of methoxy groups -OCH3 is 1. The fraction of sp³-hybridized carbons (Fsp3) is 0.360. The summed E-state index contributed by atoms with van der Waals surface area (Å²) in [5, 5.41) is 7.56. The Morgan fingerprint density at radius 1 is 1.14 bits per heavy atom. The highest BCUT2D eigenvalue weighted by Crippen LogP contribution is 2.39. The van der Waals surface area contributed by atoms with Crippen LogP contribution in [0.25, 0.3) is 0 Å². The minimum atomic E-state index is -2.50. The van der Waals surface area contributed by atoms with Crippen LogP contribution in [0.3, 0.4) is 0 Å². The molecular formula is C25H32ClN6O2P. The monoisotopic (exact) mass is 514 g/mol. The van der Waals surface area contributed by atoms with E-state index < -0.39 is 7.14 Å². The lowest BCUT2D eigenvalue weighted by atomic mass is 10.2. The Balaban J connectivity index is 1.56. The van der Waals surface area contributed by atoms with Gasteiger partial charge in [-0.1, -0.05) is 23.7 Å². The van der Waals surface area contributed by atoms with E-state index in [4.69, 9.17) is 16.3 Å². The van der Waals surface area contributed by atoms with Gasteiger partial charge in [0.25, 0.3) is 0 Å². The number of anilines is 5. The highest BCUT2D eigenvalue weighted by atomic mass is 35.5. The average molecular weight is 515 g/mol. The number of nitrogens with zero attached hydrogens (tertiary/aromatic N) is 4. The number of benzene rings is 2. The Labute approximate surface area is 212 Å². The lowest BCUT2D eigenvalue weighted by Gasteiger charge is -2.23. The Bertz CT molecular complexity index is 1250. The van der Waals surface area contributed by atoms with Gasteiger partial charge >= 0.3 is 0 Å². The second-order valence-corrected chi connectivity index (χ2v) is 12.8. The van der Waals surface area contributed by atoms with Gasteiger partial charge in [-0.2, -0.15) is 4.98 Å². The van der Waals surface area contributed by atoms with Crippen LogP contribution in [0.1, 0.15) is 6.42 Å². The van der Waals surface area contributed by atoms with Crippen molar-refractivity contribution in [2.24, 2.45) is 0 Å². The molecule has 4 rings (SSSR count). The Morgan fingerprint density at radius 2 is 1.91 bits per heavy atom. The fourth-order valence-corrected chi connectivity index (χ4v) is 5.48. The Hall–Kier alpha value is -2.80. The maximum absolute atomic E-state index is 12.7. The maximum atomic E-state index is 12.7. The first-order valence-corrected chi connectivity index (χ1v) is 14.4. The van der Waals surface area contributed by atoms with E-state index in [2.05, 4.69) is 50.6 Å². The number of aromatic nitrogens is 2. The van der Waals surface area contributed by atoms with E-state index in [-0.39, 0.29) is 0 Å². The van der Waals surface area contributed by atoms with E-state index in [9.17, 15) is 4.57 Å². The molecule has 1 aliphatic rings. The van der Waals surface area contributed by atoms with Gasteiger partial charge in [0.05, 0.1) is 24.7 Å². The zero-order chi connectivity index (χ0) is 25.2. The number of hydrogen-bond donors (Lipinski definition) is 2. The molecule has 0 saturated carbocycles. The van der Waals surface area contributed by atoms with Gasteiger partial charge in [0, 0.05) is 36.2 Å². The molecule has 1 fully saturated rings. The van der Waals surface area contributed by atoms with Crippen LogP contribution in [-0.2, 0) is 4.57 Å². The van der Waals surface area contributed by atoms with Crippen LogP contribution in [0.5, 0.6) is 5.75 Å². The summed E-state index contributed by atoms with van der Waals surface area (Å²) in [7, 11) is 3.40. The van der Waals surface area contributed by atoms with Crippen LogP contribution >= 0.6 is 18.7 Å². The van der Waals surface area contributed by atoms with Crippen molar-refractivity contribution in [3.63, 3.8) is 0 Å². The van der Waals surface area contributed by atoms with E-state index in [1.54, 1.807) is 20.4 Å². The molecular weight excluding hydrogens is 483 g/mol. The largest absolute Gasteiger partial charge is 0.494 e. The van der Waals surface area contributed by atoms with E-state index in [1.807, 2.05) is 36.4 Å².